The van der Waals surface area contributed by atoms with Crippen molar-refractivity contribution in [1.82, 2.24) is 5.32 Å². The molecule has 2 N–H and O–H groups in total. The van der Waals surface area contributed by atoms with E-state index in [0.717, 1.165) is 18.5 Å². The number of nitrogens with one attached hydrogen (secondary N) is 2. The van der Waals surface area contributed by atoms with E-state index in [-0.39, 0.29) is 17.9 Å². The minimum atomic E-state index is -0.168. The number of anilines is 1. The van der Waals surface area contributed by atoms with Crippen LogP contribution in [-0.4, -0.2) is 31.7 Å². The molecule has 0 bridgehead atoms. The van der Waals surface area contributed by atoms with Gasteiger partial charge >= 0.3 is 0 Å². The van der Waals surface area contributed by atoms with Gasteiger partial charge in [-0.15, -0.1) is 0 Å². The Balaban J connectivity index is 2.01. The van der Waals surface area contributed by atoms with Gasteiger partial charge in [-0.25, -0.2) is 0 Å². The predicted molar refractivity (Wildman–Crippen MR) is 81.2 cm³/mol. The number of ether oxygens (including phenoxy) is 1. The predicted octanol–water partition coefficient (Wildman–Crippen LogP) is 2.60. The zero-order valence-corrected chi connectivity index (χ0v) is 12.7. The molecule has 1 fully saturated rings. The van der Waals surface area contributed by atoms with Crippen LogP contribution < -0.4 is 10.6 Å². The van der Waals surface area contributed by atoms with Crippen molar-refractivity contribution in [2.24, 2.45) is 5.92 Å². The molecule has 4 nitrogen and oxygen atoms in total. The molecule has 5 heteroatoms. The van der Waals surface area contributed by atoms with Crippen molar-refractivity contribution in [3.05, 3.63) is 28.8 Å². The number of amides is 1. The third kappa shape index (κ3) is 3.72. The summed E-state index contributed by atoms with van der Waals surface area (Å²) in [5.74, 6) is -0.207. The molecule has 1 heterocycles. The van der Waals surface area contributed by atoms with Gasteiger partial charge in [-0.2, -0.15) is 0 Å². The molecule has 0 aliphatic carbocycles. The second-order valence-corrected chi connectivity index (χ2v) is 5.58. The molecule has 20 heavy (non-hydrogen) atoms. The van der Waals surface area contributed by atoms with Gasteiger partial charge in [-0.05, 0) is 37.6 Å². The number of hydrogen-bond acceptors (Lipinski definition) is 3. The van der Waals surface area contributed by atoms with Gasteiger partial charge in [0.1, 0.15) is 0 Å². The lowest BCUT2D eigenvalue weighted by Crippen LogP contribution is -2.41. The molecular weight excluding hydrogens is 276 g/mol. The molecule has 1 saturated heterocycles. The lowest BCUT2D eigenvalue weighted by Gasteiger charge is -2.19. The highest BCUT2D eigenvalue weighted by Gasteiger charge is 2.33. The highest BCUT2D eigenvalue weighted by molar-refractivity contribution is 6.33. The summed E-state index contributed by atoms with van der Waals surface area (Å²) in [6, 6.07) is 5.68. The summed E-state index contributed by atoms with van der Waals surface area (Å²) in [6.45, 7) is 6.00. The molecule has 2 atom stereocenters. The Bertz CT molecular complexity index is 479. The number of halogens is 1. The van der Waals surface area contributed by atoms with Crippen LogP contribution in [-0.2, 0) is 9.53 Å². The lowest BCUT2D eigenvalue weighted by molar-refractivity contribution is -0.120. The molecule has 0 spiro atoms. The molecule has 1 aromatic rings. The Morgan fingerprint density at radius 1 is 1.45 bits per heavy atom. The average molecular weight is 297 g/mol. The van der Waals surface area contributed by atoms with Gasteiger partial charge in [0.25, 0.3) is 0 Å². The normalized spacial score (nSPS) is 21.9. The largest absolute Gasteiger partial charge is 0.379 e. The summed E-state index contributed by atoms with van der Waals surface area (Å²) >= 11 is 6.11. The molecule has 1 aliphatic heterocycles. The van der Waals surface area contributed by atoms with Crippen molar-refractivity contribution in [2.75, 3.05) is 25.1 Å². The molecule has 110 valence electrons. The van der Waals surface area contributed by atoms with E-state index >= 15 is 0 Å². The molecule has 1 aliphatic rings. The quantitative estimate of drug-likeness (QED) is 0.878. The third-order valence-corrected chi connectivity index (χ3v) is 3.78. The molecular formula is C15H21ClN2O2. The van der Waals surface area contributed by atoms with Crippen LogP contribution in [0.4, 0.5) is 5.69 Å². The van der Waals surface area contributed by atoms with Gasteiger partial charge in [0.05, 0.1) is 29.8 Å². The van der Waals surface area contributed by atoms with Gasteiger partial charge < -0.3 is 15.4 Å². The van der Waals surface area contributed by atoms with Crippen molar-refractivity contribution in [3.8, 4) is 0 Å². The Labute approximate surface area is 124 Å². The number of aryl methyl sites for hydroxylation is 1. The van der Waals surface area contributed by atoms with Gasteiger partial charge in [-0.3, -0.25) is 4.79 Å². The van der Waals surface area contributed by atoms with E-state index in [1.54, 1.807) is 6.07 Å². The van der Waals surface area contributed by atoms with E-state index in [9.17, 15) is 4.79 Å². The monoisotopic (exact) mass is 296 g/mol. The molecule has 0 saturated carbocycles. The number of carbonyl (C=O) groups is 1. The fourth-order valence-corrected chi connectivity index (χ4v) is 2.47. The first kappa shape index (κ1) is 15.3. The summed E-state index contributed by atoms with van der Waals surface area (Å²) in [6.07, 6.45) is 1.04. The average Bonchev–Trinajstić information content (AvgIpc) is 2.89. The molecule has 0 radical (unpaired) electrons. The van der Waals surface area contributed by atoms with Gasteiger partial charge in [0.15, 0.2) is 0 Å². The summed E-state index contributed by atoms with van der Waals surface area (Å²) in [5, 5.41) is 6.82. The van der Waals surface area contributed by atoms with Crippen LogP contribution in [0.25, 0.3) is 0 Å². The minimum absolute atomic E-state index is 0.0383. The summed E-state index contributed by atoms with van der Waals surface area (Å²) < 4.78 is 5.42. The molecule has 2 rings (SSSR count). The summed E-state index contributed by atoms with van der Waals surface area (Å²) in [4.78, 5) is 12.4. The number of hydrogen-bond donors (Lipinski definition) is 2. The molecule has 1 amide bonds. The van der Waals surface area contributed by atoms with Crippen LogP contribution in [0.15, 0.2) is 18.2 Å². The maximum Gasteiger partial charge on any atom is 0.231 e. The molecule has 1 aromatic carbocycles. The second-order valence-electron chi connectivity index (χ2n) is 5.18. The SMILES string of the molecule is CCCNC1COCC1C(=O)Nc1cc(C)ccc1Cl. The maximum absolute atomic E-state index is 12.4. The van der Waals surface area contributed by atoms with Gasteiger partial charge in [0, 0.05) is 6.04 Å². The smallest absolute Gasteiger partial charge is 0.231 e. The second kappa shape index (κ2) is 7.07. The van der Waals surface area contributed by atoms with E-state index in [4.69, 9.17) is 16.3 Å². The van der Waals surface area contributed by atoms with E-state index in [0.29, 0.717) is 23.9 Å². The van der Waals surface area contributed by atoms with Crippen molar-refractivity contribution in [3.63, 3.8) is 0 Å². The Morgan fingerprint density at radius 3 is 3.00 bits per heavy atom. The van der Waals surface area contributed by atoms with Crippen molar-refractivity contribution < 1.29 is 9.53 Å². The Morgan fingerprint density at radius 2 is 2.25 bits per heavy atom. The highest BCUT2D eigenvalue weighted by atomic mass is 35.5. The van der Waals surface area contributed by atoms with Gasteiger partial charge in [-0.1, -0.05) is 24.6 Å². The molecule has 2 unspecified atom stereocenters. The van der Waals surface area contributed by atoms with Crippen LogP contribution in [0.2, 0.25) is 5.02 Å². The lowest BCUT2D eigenvalue weighted by atomic mass is 10.0. The number of rotatable bonds is 5. The number of benzene rings is 1. The summed E-state index contributed by atoms with van der Waals surface area (Å²) in [7, 11) is 0. The van der Waals surface area contributed by atoms with Crippen LogP contribution in [0.5, 0.6) is 0 Å². The third-order valence-electron chi connectivity index (χ3n) is 3.45. The first-order valence-electron chi connectivity index (χ1n) is 7.00. The molecule has 0 aromatic heterocycles. The fourth-order valence-electron chi connectivity index (χ4n) is 2.30. The topological polar surface area (TPSA) is 50.4 Å². The van der Waals surface area contributed by atoms with Crippen molar-refractivity contribution in [1.29, 1.82) is 0 Å². The standard InChI is InChI=1S/C15H21ClN2O2/c1-3-6-17-14-9-20-8-11(14)15(19)18-13-7-10(2)4-5-12(13)16/h4-5,7,11,14,17H,3,6,8-9H2,1-2H3,(H,18,19). The van der Waals surface area contributed by atoms with Crippen LogP contribution in [0.1, 0.15) is 18.9 Å². The van der Waals surface area contributed by atoms with Gasteiger partial charge in [0.2, 0.25) is 5.91 Å². The fraction of sp³-hybridized carbons (Fsp3) is 0.533. The zero-order valence-electron chi connectivity index (χ0n) is 11.9. The highest BCUT2D eigenvalue weighted by Crippen LogP contribution is 2.24. The van der Waals surface area contributed by atoms with Crippen LogP contribution in [0.3, 0.4) is 0 Å². The van der Waals surface area contributed by atoms with Crippen LogP contribution >= 0.6 is 11.6 Å². The van der Waals surface area contributed by atoms with Crippen molar-refractivity contribution >= 4 is 23.2 Å². The minimum Gasteiger partial charge on any atom is -0.379 e. The van der Waals surface area contributed by atoms with E-state index in [2.05, 4.69) is 17.6 Å². The van der Waals surface area contributed by atoms with Crippen molar-refractivity contribution in [2.45, 2.75) is 26.3 Å². The summed E-state index contributed by atoms with van der Waals surface area (Å²) in [5.41, 5.74) is 1.73. The zero-order chi connectivity index (χ0) is 14.5. The maximum atomic E-state index is 12.4. The van der Waals surface area contributed by atoms with Crippen LogP contribution in [0, 0.1) is 12.8 Å². The first-order chi connectivity index (χ1) is 9.61. The Hall–Kier alpha value is -1.10. The first-order valence-corrected chi connectivity index (χ1v) is 7.37. The van der Waals surface area contributed by atoms with E-state index in [1.807, 2.05) is 19.1 Å². The Kier molecular flexibility index (Phi) is 5.40. The van der Waals surface area contributed by atoms with E-state index < -0.39 is 0 Å². The number of carbonyl (C=O) groups excluding carboxylic acids is 1. The van der Waals surface area contributed by atoms with E-state index in [1.165, 1.54) is 0 Å².